The van der Waals surface area contributed by atoms with Crippen molar-refractivity contribution in [1.82, 2.24) is 5.32 Å². The maximum atomic E-state index is 12.6. The lowest BCUT2D eigenvalue weighted by molar-refractivity contribution is -0.142. The number of thiol groups is 1. The number of amides is 1. The highest BCUT2D eigenvalue weighted by Crippen LogP contribution is 2.15. The molecule has 2 aromatic rings. The molecule has 0 aromatic heterocycles. The predicted molar refractivity (Wildman–Crippen MR) is 119 cm³/mol. The normalized spacial score (nSPS) is 13.0. The molecular formula is C22H25N3O3S. The van der Waals surface area contributed by atoms with E-state index < -0.39 is 17.9 Å². The molecule has 0 aliphatic carbocycles. The van der Waals surface area contributed by atoms with Crippen molar-refractivity contribution in [2.45, 2.75) is 18.9 Å². The van der Waals surface area contributed by atoms with Crippen LogP contribution in [-0.4, -0.2) is 35.0 Å². The summed E-state index contributed by atoms with van der Waals surface area (Å²) < 4.78 is 0. The van der Waals surface area contributed by atoms with E-state index >= 15 is 0 Å². The van der Waals surface area contributed by atoms with Crippen molar-refractivity contribution in [2.24, 2.45) is 16.9 Å². The molecule has 0 radical (unpaired) electrons. The van der Waals surface area contributed by atoms with Gasteiger partial charge < -0.3 is 16.3 Å². The smallest absolute Gasteiger partial charge is 0.326 e. The minimum Gasteiger partial charge on any atom is -0.480 e. The fraction of sp³-hybridized carbons (Fsp3) is 0.227. The molecule has 7 heteroatoms. The molecule has 152 valence electrons. The van der Waals surface area contributed by atoms with Crippen LogP contribution in [-0.2, 0) is 22.4 Å². The van der Waals surface area contributed by atoms with E-state index in [1.165, 1.54) is 6.21 Å². The Bertz CT molecular complexity index is 867. The number of nitrogens with two attached hydrogens (primary N) is 1. The molecule has 6 nitrogen and oxygen atoms in total. The van der Waals surface area contributed by atoms with Crippen molar-refractivity contribution >= 4 is 36.3 Å². The third-order valence-corrected chi connectivity index (χ3v) is 4.97. The van der Waals surface area contributed by atoms with Crippen LogP contribution in [0.4, 0.5) is 0 Å². The second-order valence-electron chi connectivity index (χ2n) is 6.67. The number of hydrogen-bond acceptors (Lipinski definition) is 5. The van der Waals surface area contributed by atoms with E-state index in [2.05, 4.69) is 29.6 Å². The van der Waals surface area contributed by atoms with Crippen LogP contribution in [0.15, 0.2) is 66.3 Å². The highest BCUT2D eigenvalue weighted by Gasteiger charge is 2.25. The number of carbonyl (C=O) groups excluding carboxylic acids is 1. The van der Waals surface area contributed by atoms with Gasteiger partial charge in [-0.3, -0.25) is 4.79 Å². The van der Waals surface area contributed by atoms with Crippen molar-refractivity contribution in [3.05, 3.63) is 77.9 Å². The summed E-state index contributed by atoms with van der Waals surface area (Å²) in [6, 6.07) is 15.8. The molecule has 29 heavy (non-hydrogen) atoms. The number of rotatable bonds is 10. The Morgan fingerprint density at radius 3 is 2.28 bits per heavy atom. The van der Waals surface area contributed by atoms with Gasteiger partial charge in [-0.1, -0.05) is 61.2 Å². The third-order valence-electron chi connectivity index (χ3n) is 4.53. The largest absolute Gasteiger partial charge is 0.480 e. The highest BCUT2D eigenvalue weighted by atomic mass is 32.1. The minimum atomic E-state index is -1.08. The van der Waals surface area contributed by atoms with Gasteiger partial charge in [0.25, 0.3) is 0 Å². The van der Waals surface area contributed by atoms with Gasteiger partial charge in [0.2, 0.25) is 5.91 Å². The summed E-state index contributed by atoms with van der Waals surface area (Å²) >= 11 is 4.27. The van der Waals surface area contributed by atoms with Gasteiger partial charge in [0.1, 0.15) is 6.04 Å². The monoisotopic (exact) mass is 411 g/mol. The van der Waals surface area contributed by atoms with Gasteiger partial charge in [-0.05, 0) is 28.7 Å². The SMILES string of the molecule is C=C(/C=N\N)c1ccc(CC(NC(=O)[C@@H](CS)Cc2ccccc2)C(=O)O)cc1. The molecule has 0 saturated carbocycles. The van der Waals surface area contributed by atoms with Gasteiger partial charge in [-0.25, -0.2) is 4.79 Å². The second-order valence-corrected chi connectivity index (χ2v) is 7.04. The Labute approximate surface area is 175 Å². The third kappa shape index (κ3) is 6.80. The van der Waals surface area contributed by atoms with E-state index in [1.807, 2.05) is 42.5 Å². The molecule has 0 heterocycles. The zero-order valence-corrected chi connectivity index (χ0v) is 16.9. The molecule has 0 saturated heterocycles. The maximum Gasteiger partial charge on any atom is 0.326 e. The van der Waals surface area contributed by atoms with E-state index in [1.54, 1.807) is 12.1 Å². The van der Waals surface area contributed by atoms with Gasteiger partial charge in [0, 0.05) is 12.2 Å². The Hall–Kier alpha value is -3.06. The summed E-state index contributed by atoms with van der Waals surface area (Å²) in [5.74, 6) is 3.63. The van der Waals surface area contributed by atoms with Gasteiger partial charge in [-0.15, -0.1) is 0 Å². The first kappa shape index (κ1) is 22.2. The second kappa shape index (κ2) is 11.1. The van der Waals surface area contributed by atoms with E-state index in [9.17, 15) is 14.7 Å². The Morgan fingerprint density at radius 2 is 1.72 bits per heavy atom. The van der Waals surface area contributed by atoms with Crippen molar-refractivity contribution < 1.29 is 14.7 Å². The number of carbonyl (C=O) groups is 2. The van der Waals surface area contributed by atoms with Crippen LogP contribution >= 0.6 is 12.6 Å². The zero-order chi connectivity index (χ0) is 21.2. The van der Waals surface area contributed by atoms with Gasteiger partial charge >= 0.3 is 5.97 Å². The average molecular weight is 412 g/mol. The van der Waals surface area contributed by atoms with Crippen molar-refractivity contribution in [3.63, 3.8) is 0 Å². The first-order chi connectivity index (χ1) is 13.9. The van der Waals surface area contributed by atoms with E-state index in [0.29, 0.717) is 17.7 Å². The fourth-order valence-electron chi connectivity index (χ4n) is 2.88. The Balaban J connectivity index is 2.04. The minimum absolute atomic E-state index is 0.170. The first-order valence-electron chi connectivity index (χ1n) is 9.14. The van der Waals surface area contributed by atoms with Crippen LogP contribution in [0, 0.1) is 5.92 Å². The van der Waals surface area contributed by atoms with Gasteiger partial charge in [-0.2, -0.15) is 17.7 Å². The van der Waals surface area contributed by atoms with E-state index in [0.717, 1.165) is 16.7 Å². The maximum absolute atomic E-state index is 12.6. The zero-order valence-electron chi connectivity index (χ0n) is 16.0. The highest BCUT2D eigenvalue weighted by molar-refractivity contribution is 7.80. The molecule has 0 spiro atoms. The summed E-state index contributed by atoms with van der Waals surface area (Å²) in [5.41, 5.74) is 3.27. The number of hydrogen-bond donors (Lipinski definition) is 4. The molecule has 2 rings (SSSR count). The topological polar surface area (TPSA) is 105 Å². The quantitative estimate of drug-likeness (QED) is 0.209. The fourth-order valence-corrected chi connectivity index (χ4v) is 3.18. The predicted octanol–water partition coefficient (Wildman–Crippen LogP) is 2.54. The van der Waals surface area contributed by atoms with Crippen LogP contribution in [0.5, 0.6) is 0 Å². The summed E-state index contributed by atoms with van der Waals surface area (Å²) in [7, 11) is 0. The molecule has 1 amide bonds. The number of nitrogens with one attached hydrogen (secondary N) is 1. The standard InChI is InChI=1S/C22H25N3O3S/c1-15(13-24-23)18-9-7-17(8-10-18)12-20(22(27)28)25-21(26)19(14-29)11-16-5-3-2-4-6-16/h2-10,13,19-20,29H,1,11-12,14,23H2,(H,25,26)(H,27,28)/b24-13-/t19-,20?/m1/s1. The Morgan fingerprint density at radius 1 is 1.10 bits per heavy atom. The van der Waals surface area contributed by atoms with Crippen molar-refractivity contribution in [1.29, 1.82) is 0 Å². The summed E-state index contributed by atoms with van der Waals surface area (Å²) in [6.45, 7) is 3.85. The molecule has 2 aromatic carbocycles. The molecule has 0 fully saturated rings. The van der Waals surface area contributed by atoms with Crippen LogP contribution in [0.25, 0.3) is 5.57 Å². The van der Waals surface area contributed by atoms with Crippen LogP contribution < -0.4 is 11.2 Å². The Kier molecular flexibility index (Phi) is 8.48. The number of nitrogens with zero attached hydrogens (tertiary/aromatic N) is 1. The molecule has 4 N–H and O–H groups in total. The number of benzene rings is 2. The van der Waals surface area contributed by atoms with Gasteiger partial charge in [0.05, 0.1) is 12.1 Å². The van der Waals surface area contributed by atoms with Crippen LogP contribution in [0.1, 0.15) is 16.7 Å². The summed E-state index contributed by atoms with van der Waals surface area (Å²) in [6.07, 6.45) is 2.12. The molecular weight excluding hydrogens is 386 g/mol. The lowest BCUT2D eigenvalue weighted by atomic mass is 9.98. The summed E-state index contributed by atoms with van der Waals surface area (Å²) in [4.78, 5) is 24.3. The molecule has 2 atom stereocenters. The average Bonchev–Trinajstić information content (AvgIpc) is 2.72. The van der Waals surface area contributed by atoms with Crippen LogP contribution in [0.3, 0.4) is 0 Å². The molecule has 1 unspecified atom stereocenters. The lowest BCUT2D eigenvalue weighted by Gasteiger charge is -2.19. The van der Waals surface area contributed by atoms with Gasteiger partial charge in [0.15, 0.2) is 0 Å². The number of carboxylic acid groups (broad SMARTS) is 1. The van der Waals surface area contributed by atoms with E-state index in [-0.39, 0.29) is 12.3 Å². The number of carboxylic acids is 1. The number of hydrazone groups is 1. The molecule has 0 bridgehead atoms. The van der Waals surface area contributed by atoms with E-state index in [4.69, 9.17) is 5.84 Å². The summed E-state index contributed by atoms with van der Waals surface area (Å²) in [5, 5.41) is 15.6. The van der Waals surface area contributed by atoms with Crippen molar-refractivity contribution in [3.8, 4) is 0 Å². The molecule has 0 aliphatic rings. The first-order valence-corrected chi connectivity index (χ1v) is 9.77. The van der Waals surface area contributed by atoms with Crippen LogP contribution in [0.2, 0.25) is 0 Å². The lowest BCUT2D eigenvalue weighted by Crippen LogP contribution is -2.45. The molecule has 0 aliphatic heterocycles. The number of allylic oxidation sites excluding steroid dienone is 1. The van der Waals surface area contributed by atoms with Crippen molar-refractivity contribution in [2.75, 3.05) is 5.75 Å². The number of aliphatic carboxylic acids is 1.